The summed E-state index contributed by atoms with van der Waals surface area (Å²) >= 11 is 5.91. The van der Waals surface area contributed by atoms with Gasteiger partial charge in [0.2, 0.25) is 0 Å². The summed E-state index contributed by atoms with van der Waals surface area (Å²) in [6.07, 6.45) is 4.78. The van der Waals surface area contributed by atoms with Gasteiger partial charge in [-0.2, -0.15) is 0 Å². The van der Waals surface area contributed by atoms with Gasteiger partial charge in [-0.3, -0.25) is 0 Å². The fraction of sp³-hybridized carbons (Fsp3) is 0.538. The second-order valence-corrected chi connectivity index (χ2v) is 4.54. The van der Waals surface area contributed by atoms with Gasteiger partial charge < -0.3 is 5.73 Å². The molecule has 0 saturated heterocycles. The van der Waals surface area contributed by atoms with E-state index in [1.807, 2.05) is 18.2 Å². The highest BCUT2D eigenvalue weighted by Crippen LogP contribution is 2.23. The Kier molecular flexibility index (Phi) is 5.13. The van der Waals surface area contributed by atoms with Crippen LogP contribution in [0.25, 0.3) is 0 Å². The second-order valence-electron chi connectivity index (χ2n) is 4.10. The fourth-order valence-corrected chi connectivity index (χ4v) is 2.05. The third kappa shape index (κ3) is 3.84. The maximum absolute atomic E-state index is 6.14. The summed E-state index contributed by atoms with van der Waals surface area (Å²) in [6, 6.07) is 6.11. The summed E-state index contributed by atoms with van der Waals surface area (Å²) in [5.41, 5.74) is 8.58. The molecule has 2 N–H and O–H groups in total. The maximum Gasteiger partial charge on any atom is 0.0408 e. The van der Waals surface area contributed by atoms with E-state index in [-0.39, 0.29) is 6.04 Å². The van der Waals surface area contributed by atoms with Crippen molar-refractivity contribution >= 4 is 11.6 Å². The lowest BCUT2D eigenvalue weighted by Gasteiger charge is -2.14. The van der Waals surface area contributed by atoms with Crippen molar-refractivity contribution in [2.75, 3.05) is 0 Å². The van der Waals surface area contributed by atoms with Gasteiger partial charge in [-0.15, -0.1) is 0 Å². The van der Waals surface area contributed by atoms with Crippen molar-refractivity contribution in [3.05, 3.63) is 34.3 Å². The number of hydrogen-bond acceptors (Lipinski definition) is 1. The zero-order valence-electron chi connectivity index (χ0n) is 9.59. The van der Waals surface area contributed by atoms with Crippen molar-refractivity contribution in [1.29, 1.82) is 0 Å². The van der Waals surface area contributed by atoms with E-state index >= 15 is 0 Å². The summed E-state index contributed by atoms with van der Waals surface area (Å²) in [5.74, 6) is 0. The van der Waals surface area contributed by atoms with Crippen LogP contribution in [0.4, 0.5) is 0 Å². The zero-order chi connectivity index (χ0) is 11.3. The van der Waals surface area contributed by atoms with Crippen LogP contribution in [0.3, 0.4) is 0 Å². The lowest BCUT2D eigenvalue weighted by molar-refractivity contribution is 0.579. The second kappa shape index (κ2) is 6.14. The lowest BCUT2D eigenvalue weighted by atomic mass is 9.97. The molecule has 0 amide bonds. The number of unbranched alkanes of at least 4 members (excludes halogenated alkanes) is 2. The Hall–Kier alpha value is -0.530. The van der Waals surface area contributed by atoms with Crippen LogP contribution in [-0.4, -0.2) is 0 Å². The van der Waals surface area contributed by atoms with E-state index in [1.54, 1.807) is 0 Å². The Morgan fingerprint density at radius 2 is 2.07 bits per heavy atom. The molecule has 0 aliphatic carbocycles. The monoisotopic (exact) mass is 225 g/mol. The molecule has 1 nitrogen and oxygen atoms in total. The zero-order valence-corrected chi connectivity index (χ0v) is 10.3. The number of nitrogens with two attached hydrogens (primary N) is 1. The highest BCUT2D eigenvalue weighted by Gasteiger charge is 2.08. The predicted molar refractivity (Wildman–Crippen MR) is 67.3 cm³/mol. The van der Waals surface area contributed by atoms with E-state index in [4.69, 9.17) is 17.3 Å². The highest BCUT2D eigenvalue weighted by atomic mass is 35.5. The molecule has 1 atom stereocenters. The molecule has 0 radical (unpaired) electrons. The Bertz CT molecular complexity index is 309. The topological polar surface area (TPSA) is 26.0 Å². The summed E-state index contributed by atoms with van der Waals surface area (Å²) in [5, 5.41) is 0.789. The first-order valence-corrected chi connectivity index (χ1v) is 6.04. The van der Waals surface area contributed by atoms with Crippen molar-refractivity contribution in [2.24, 2.45) is 5.73 Å². The normalized spacial score (nSPS) is 12.8. The Morgan fingerprint density at radius 1 is 1.33 bits per heavy atom. The van der Waals surface area contributed by atoms with Crippen molar-refractivity contribution in [2.45, 2.75) is 45.6 Å². The molecule has 0 fully saturated rings. The molecule has 1 aromatic rings. The first kappa shape index (κ1) is 12.5. The van der Waals surface area contributed by atoms with E-state index in [0.29, 0.717) is 0 Å². The molecule has 0 aliphatic heterocycles. The van der Waals surface area contributed by atoms with Gasteiger partial charge in [-0.25, -0.2) is 0 Å². The third-order valence-corrected chi connectivity index (χ3v) is 2.99. The maximum atomic E-state index is 6.14. The third-order valence-electron chi connectivity index (χ3n) is 2.75. The predicted octanol–water partition coefficient (Wildman–Crippen LogP) is 4.23. The van der Waals surface area contributed by atoms with Gasteiger partial charge >= 0.3 is 0 Å². The minimum Gasteiger partial charge on any atom is -0.324 e. The smallest absolute Gasteiger partial charge is 0.0408 e. The van der Waals surface area contributed by atoms with Crippen molar-refractivity contribution in [3.8, 4) is 0 Å². The first-order valence-electron chi connectivity index (χ1n) is 5.66. The molecular formula is C13H20ClN. The molecule has 0 bridgehead atoms. The quantitative estimate of drug-likeness (QED) is 0.746. The van der Waals surface area contributed by atoms with Crippen LogP contribution in [0.2, 0.25) is 5.02 Å². The van der Waals surface area contributed by atoms with Crippen LogP contribution >= 0.6 is 11.6 Å². The minimum absolute atomic E-state index is 0.161. The number of rotatable bonds is 5. The van der Waals surface area contributed by atoms with E-state index < -0.39 is 0 Å². The van der Waals surface area contributed by atoms with E-state index in [0.717, 1.165) is 11.4 Å². The summed E-state index contributed by atoms with van der Waals surface area (Å²) < 4.78 is 0. The van der Waals surface area contributed by atoms with Crippen LogP contribution in [-0.2, 0) is 0 Å². The molecule has 0 aliphatic rings. The fourth-order valence-electron chi connectivity index (χ4n) is 1.82. The SMILES string of the molecule is CCCCC[C@H](N)c1ccc(Cl)cc1C. The van der Waals surface area contributed by atoms with Crippen LogP contribution in [0, 0.1) is 6.92 Å². The van der Waals surface area contributed by atoms with E-state index in [2.05, 4.69) is 13.8 Å². The van der Waals surface area contributed by atoms with Gasteiger partial charge in [0.25, 0.3) is 0 Å². The van der Waals surface area contributed by atoms with Crippen LogP contribution in [0.5, 0.6) is 0 Å². The standard InChI is InChI=1S/C13H20ClN/c1-3-4-5-6-13(15)12-8-7-11(14)9-10(12)2/h7-9,13H,3-6,15H2,1-2H3/t13-/m0/s1. The average molecular weight is 226 g/mol. The first-order chi connectivity index (χ1) is 7.15. The molecule has 2 heteroatoms. The average Bonchev–Trinajstić information content (AvgIpc) is 2.17. The molecule has 0 spiro atoms. The molecule has 1 rings (SSSR count). The van der Waals surface area contributed by atoms with Gasteiger partial charge in [0, 0.05) is 11.1 Å². The van der Waals surface area contributed by atoms with Crippen LogP contribution in [0.1, 0.15) is 49.8 Å². The Balaban J connectivity index is 2.61. The molecule has 1 aromatic carbocycles. The molecule has 84 valence electrons. The molecule has 0 heterocycles. The summed E-state index contributed by atoms with van der Waals surface area (Å²) in [7, 11) is 0. The number of hydrogen-bond donors (Lipinski definition) is 1. The van der Waals surface area contributed by atoms with E-state index in [1.165, 1.54) is 30.4 Å². The van der Waals surface area contributed by atoms with Gasteiger partial charge in [0.05, 0.1) is 0 Å². The van der Waals surface area contributed by atoms with Crippen molar-refractivity contribution < 1.29 is 0 Å². The number of aryl methyl sites for hydroxylation is 1. The van der Waals surface area contributed by atoms with Gasteiger partial charge in [-0.1, -0.05) is 43.9 Å². The Labute approximate surface area is 97.6 Å². The van der Waals surface area contributed by atoms with Gasteiger partial charge in [0.15, 0.2) is 0 Å². The van der Waals surface area contributed by atoms with Gasteiger partial charge in [0.1, 0.15) is 0 Å². The molecular weight excluding hydrogens is 206 g/mol. The van der Waals surface area contributed by atoms with Crippen molar-refractivity contribution in [1.82, 2.24) is 0 Å². The highest BCUT2D eigenvalue weighted by molar-refractivity contribution is 6.30. The largest absolute Gasteiger partial charge is 0.324 e. The summed E-state index contributed by atoms with van der Waals surface area (Å²) in [6.45, 7) is 4.28. The van der Waals surface area contributed by atoms with Crippen LogP contribution in [0.15, 0.2) is 18.2 Å². The van der Waals surface area contributed by atoms with Crippen LogP contribution < -0.4 is 5.73 Å². The number of halogens is 1. The molecule has 15 heavy (non-hydrogen) atoms. The van der Waals surface area contributed by atoms with Gasteiger partial charge in [-0.05, 0) is 36.6 Å². The molecule has 0 saturated carbocycles. The van der Waals surface area contributed by atoms with Crippen molar-refractivity contribution in [3.63, 3.8) is 0 Å². The minimum atomic E-state index is 0.161. The molecule has 0 unspecified atom stereocenters. The summed E-state index contributed by atoms with van der Waals surface area (Å²) in [4.78, 5) is 0. The van der Waals surface area contributed by atoms with E-state index in [9.17, 15) is 0 Å². The molecule has 0 aromatic heterocycles. The number of benzene rings is 1. The lowest BCUT2D eigenvalue weighted by Crippen LogP contribution is -2.11. The Morgan fingerprint density at radius 3 is 2.67 bits per heavy atom.